The maximum absolute atomic E-state index is 13.0. The largest absolute Gasteiger partial charge is 0.497 e. The van der Waals surface area contributed by atoms with Gasteiger partial charge in [0.05, 0.1) is 13.2 Å². The van der Waals surface area contributed by atoms with Crippen molar-refractivity contribution in [2.75, 3.05) is 20.2 Å². The summed E-state index contributed by atoms with van der Waals surface area (Å²) in [6.45, 7) is 7.06. The molecule has 1 fully saturated rings. The van der Waals surface area contributed by atoms with Gasteiger partial charge in [0.1, 0.15) is 5.75 Å². The molecular formula is C25H33ClN2O2. The lowest BCUT2D eigenvalue weighted by Crippen LogP contribution is -2.41. The van der Waals surface area contributed by atoms with Crippen LogP contribution in [0, 0.1) is 11.8 Å². The van der Waals surface area contributed by atoms with Crippen molar-refractivity contribution in [1.29, 1.82) is 0 Å². The van der Waals surface area contributed by atoms with Crippen LogP contribution in [0.4, 0.5) is 0 Å². The first-order valence-electron chi connectivity index (χ1n) is 10.9. The van der Waals surface area contributed by atoms with E-state index in [2.05, 4.69) is 42.3 Å². The van der Waals surface area contributed by atoms with E-state index in [4.69, 9.17) is 16.3 Å². The summed E-state index contributed by atoms with van der Waals surface area (Å²) in [5.41, 5.74) is 2.28. The van der Waals surface area contributed by atoms with E-state index in [1.165, 1.54) is 0 Å². The lowest BCUT2D eigenvalue weighted by atomic mass is 9.92. The van der Waals surface area contributed by atoms with Crippen molar-refractivity contribution in [3.8, 4) is 5.75 Å². The molecule has 1 aliphatic rings. The molecule has 30 heavy (non-hydrogen) atoms. The molecule has 2 aromatic rings. The van der Waals surface area contributed by atoms with E-state index in [0.29, 0.717) is 5.92 Å². The minimum Gasteiger partial charge on any atom is -0.497 e. The zero-order valence-electron chi connectivity index (χ0n) is 18.2. The Bertz CT molecular complexity index is 814. The summed E-state index contributed by atoms with van der Waals surface area (Å²) < 4.78 is 5.27. The molecule has 4 nitrogen and oxygen atoms in total. The van der Waals surface area contributed by atoms with Crippen molar-refractivity contribution in [3.63, 3.8) is 0 Å². The van der Waals surface area contributed by atoms with Crippen LogP contribution in [0.15, 0.2) is 48.5 Å². The summed E-state index contributed by atoms with van der Waals surface area (Å²) in [6, 6.07) is 16.1. The molecule has 2 aromatic carbocycles. The number of hydrogen-bond donors (Lipinski definition) is 1. The number of carbonyl (C=O) groups is 1. The number of methoxy groups -OCH3 is 1. The van der Waals surface area contributed by atoms with Crippen molar-refractivity contribution < 1.29 is 9.53 Å². The van der Waals surface area contributed by atoms with E-state index in [9.17, 15) is 4.79 Å². The second-order valence-corrected chi connectivity index (χ2v) is 9.01. The van der Waals surface area contributed by atoms with Crippen LogP contribution in [0.2, 0.25) is 5.02 Å². The Morgan fingerprint density at radius 1 is 1.13 bits per heavy atom. The first kappa shape index (κ1) is 22.6. The molecule has 0 unspecified atom stereocenters. The van der Waals surface area contributed by atoms with Gasteiger partial charge in [0.25, 0.3) is 0 Å². The van der Waals surface area contributed by atoms with Crippen molar-refractivity contribution in [1.82, 2.24) is 10.2 Å². The lowest BCUT2D eigenvalue weighted by Gasteiger charge is -2.32. The highest BCUT2D eigenvalue weighted by molar-refractivity contribution is 6.31. The van der Waals surface area contributed by atoms with E-state index in [1.807, 2.05) is 30.3 Å². The summed E-state index contributed by atoms with van der Waals surface area (Å²) in [6.07, 6.45) is 2.68. The van der Waals surface area contributed by atoms with Gasteiger partial charge in [0.2, 0.25) is 5.91 Å². The van der Waals surface area contributed by atoms with Crippen LogP contribution in [0.3, 0.4) is 0 Å². The van der Waals surface area contributed by atoms with Crippen LogP contribution in [0.1, 0.15) is 50.3 Å². The van der Waals surface area contributed by atoms with Gasteiger partial charge in [-0.15, -0.1) is 0 Å². The molecule has 1 saturated heterocycles. The Balaban J connectivity index is 1.56. The monoisotopic (exact) mass is 428 g/mol. The van der Waals surface area contributed by atoms with Crippen molar-refractivity contribution in [2.45, 2.75) is 45.7 Å². The molecule has 162 valence electrons. The van der Waals surface area contributed by atoms with Gasteiger partial charge in [-0.3, -0.25) is 9.69 Å². The van der Waals surface area contributed by atoms with E-state index >= 15 is 0 Å². The number of halogens is 1. The summed E-state index contributed by atoms with van der Waals surface area (Å²) in [7, 11) is 1.67. The van der Waals surface area contributed by atoms with Gasteiger partial charge in [-0.25, -0.2) is 0 Å². The molecule has 1 N–H and O–H groups in total. The molecule has 0 spiro atoms. The fourth-order valence-electron chi connectivity index (χ4n) is 4.10. The smallest absolute Gasteiger partial charge is 0.223 e. The minimum absolute atomic E-state index is 0.0320. The number of piperidine rings is 1. The number of carbonyl (C=O) groups excluding carboxylic acids is 1. The third-order valence-corrected chi connectivity index (χ3v) is 6.22. The predicted molar refractivity (Wildman–Crippen MR) is 123 cm³/mol. The fourth-order valence-corrected chi connectivity index (χ4v) is 4.29. The molecule has 1 heterocycles. The third kappa shape index (κ3) is 6.23. The van der Waals surface area contributed by atoms with E-state index in [0.717, 1.165) is 60.8 Å². The van der Waals surface area contributed by atoms with Crippen LogP contribution in [0.25, 0.3) is 0 Å². The second-order valence-electron chi connectivity index (χ2n) is 8.61. The van der Waals surface area contributed by atoms with Crippen molar-refractivity contribution >= 4 is 17.5 Å². The molecule has 3 rings (SSSR count). The van der Waals surface area contributed by atoms with Crippen molar-refractivity contribution in [3.05, 3.63) is 64.7 Å². The van der Waals surface area contributed by atoms with Crippen LogP contribution >= 0.6 is 11.6 Å². The highest BCUT2D eigenvalue weighted by Crippen LogP contribution is 2.26. The molecule has 5 heteroatoms. The standard InChI is InChI=1S/C25H33ClN2O2/c1-18(2)16-24(19-8-10-22(30-3)11-9-19)27-25(29)20-12-14-28(15-13-20)17-21-6-4-5-7-23(21)26/h4-11,18,20,24H,12-17H2,1-3H3,(H,27,29)/t24-/m0/s1. The average Bonchev–Trinajstić information content (AvgIpc) is 2.75. The molecule has 0 saturated carbocycles. The van der Waals surface area contributed by atoms with Crippen LogP contribution in [-0.4, -0.2) is 31.0 Å². The second kappa shape index (κ2) is 10.8. The Hall–Kier alpha value is -2.04. The fraction of sp³-hybridized carbons (Fsp3) is 0.480. The lowest BCUT2D eigenvalue weighted by molar-refractivity contribution is -0.127. The first-order valence-corrected chi connectivity index (χ1v) is 11.2. The number of likely N-dealkylation sites (tertiary alicyclic amines) is 1. The summed E-state index contributed by atoms with van der Waals surface area (Å²) in [4.78, 5) is 15.4. The quantitative estimate of drug-likeness (QED) is 0.606. The molecule has 1 atom stereocenters. The van der Waals surface area contributed by atoms with Gasteiger partial charge in [0, 0.05) is 17.5 Å². The minimum atomic E-state index is 0.0320. The van der Waals surface area contributed by atoms with Gasteiger partial charge < -0.3 is 10.1 Å². The topological polar surface area (TPSA) is 41.6 Å². The number of hydrogen-bond acceptors (Lipinski definition) is 3. The number of nitrogens with one attached hydrogen (secondary N) is 1. The molecule has 1 amide bonds. The number of benzene rings is 2. The van der Waals surface area contributed by atoms with Crippen LogP contribution < -0.4 is 10.1 Å². The maximum atomic E-state index is 13.0. The SMILES string of the molecule is COc1ccc([C@H](CC(C)C)NC(=O)C2CCN(Cc3ccccc3Cl)CC2)cc1. The maximum Gasteiger partial charge on any atom is 0.223 e. The summed E-state index contributed by atoms with van der Waals surface area (Å²) in [5, 5.41) is 4.14. The zero-order chi connectivity index (χ0) is 21.5. The molecule has 0 radical (unpaired) electrons. The predicted octanol–water partition coefficient (Wildman–Crippen LogP) is 5.46. The van der Waals surface area contributed by atoms with Crippen LogP contribution in [0.5, 0.6) is 5.75 Å². The van der Waals surface area contributed by atoms with Gasteiger partial charge in [-0.05, 0) is 67.6 Å². The molecule has 0 aliphatic carbocycles. The molecular weight excluding hydrogens is 396 g/mol. The number of amides is 1. The van der Waals surface area contributed by atoms with E-state index < -0.39 is 0 Å². The Labute approximate surface area is 185 Å². The summed E-state index contributed by atoms with van der Waals surface area (Å²) in [5.74, 6) is 1.57. The van der Waals surface area contributed by atoms with Gasteiger partial charge in [-0.2, -0.15) is 0 Å². The number of ether oxygens (including phenoxy) is 1. The van der Waals surface area contributed by atoms with Crippen LogP contribution in [-0.2, 0) is 11.3 Å². The van der Waals surface area contributed by atoms with E-state index in [-0.39, 0.29) is 17.9 Å². The van der Waals surface area contributed by atoms with Gasteiger partial charge in [-0.1, -0.05) is 55.8 Å². The normalized spacial score (nSPS) is 16.4. The van der Waals surface area contributed by atoms with Gasteiger partial charge in [0.15, 0.2) is 0 Å². The van der Waals surface area contributed by atoms with E-state index in [1.54, 1.807) is 7.11 Å². The highest BCUT2D eigenvalue weighted by atomic mass is 35.5. The zero-order valence-corrected chi connectivity index (χ0v) is 19.0. The van der Waals surface area contributed by atoms with Gasteiger partial charge >= 0.3 is 0 Å². The van der Waals surface area contributed by atoms with Crippen molar-refractivity contribution in [2.24, 2.45) is 11.8 Å². The number of nitrogens with zero attached hydrogens (tertiary/aromatic N) is 1. The third-order valence-electron chi connectivity index (χ3n) is 5.85. The summed E-state index contributed by atoms with van der Waals surface area (Å²) >= 11 is 6.30. The number of rotatable bonds is 8. The Kier molecular flexibility index (Phi) is 8.17. The average molecular weight is 429 g/mol. The Morgan fingerprint density at radius 3 is 2.40 bits per heavy atom. The highest BCUT2D eigenvalue weighted by Gasteiger charge is 2.27. The molecule has 1 aliphatic heterocycles. The Morgan fingerprint density at radius 2 is 1.80 bits per heavy atom. The molecule has 0 aromatic heterocycles. The first-order chi connectivity index (χ1) is 14.5. The molecule has 0 bridgehead atoms.